The summed E-state index contributed by atoms with van der Waals surface area (Å²) >= 11 is 3.40. The zero-order chi connectivity index (χ0) is 25.4. The molecule has 0 unspecified atom stereocenters. The number of amides is 2. The van der Waals surface area contributed by atoms with Gasteiger partial charge in [-0.1, -0.05) is 24.3 Å². The van der Waals surface area contributed by atoms with Gasteiger partial charge in [-0.25, -0.2) is 9.96 Å². The summed E-state index contributed by atoms with van der Waals surface area (Å²) in [6, 6.07) is 19.0. The number of aromatic hydroxyl groups is 1. The van der Waals surface area contributed by atoms with Gasteiger partial charge in [0.2, 0.25) is 5.91 Å². The first-order chi connectivity index (χ1) is 17.4. The normalized spacial score (nSPS) is 21.1. The van der Waals surface area contributed by atoms with E-state index in [1.54, 1.807) is 41.5 Å². The van der Waals surface area contributed by atoms with Gasteiger partial charge in [0.15, 0.2) is 17.6 Å². The Bertz CT molecular complexity index is 1300. The van der Waals surface area contributed by atoms with Crippen LogP contribution in [0, 0.1) is 5.92 Å². The van der Waals surface area contributed by atoms with Crippen molar-refractivity contribution in [3.8, 4) is 17.2 Å². The van der Waals surface area contributed by atoms with Crippen LogP contribution in [0.2, 0.25) is 0 Å². The van der Waals surface area contributed by atoms with Crippen molar-refractivity contribution in [1.82, 2.24) is 0 Å². The Morgan fingerprint density at radius 2 is 1.64 bits per heavy atom. The number of benzene rings is 3. The molecule has 2 fully saturated rings. The number of fused-ring (bicyclic) bond motifs is 1. The molecule has 1 N–H and O–H groups in total. The lowest BCUT2D eigenvalue weighted by Gasteiger charge is -2.29. The van der Waals surface area contributed by atoms with Gasteiger partial charge in [0, 0.05) is 6.07 Å². The zero-order valence-electron chi connectivity index (χ0n) is 19.8. The summed E-state index contributed by atoms with van der Waals surface area (Å²) in [5, 5.41) is 12.1. The van der Waals surface area contributed by atoms with Crippen LogP contribution in [0.5, 0.6) is 17.2 Å². The second-order valence-electron chi connectivity index (χ2n) is 8.38. The summed E-state index contributed by atoms with van der Waals surface area (Å²) in [5.74, 6) is -0.824. The highest BCUT2D eigenvalue weighted by atomic mass is 79.9. The molecule has 8 nitrogen and oxygen atoms in total. The fourth-order valence-electron chi connectivity index (χ4n) is 4.72. The molecule has 2 aliphatic rings. The van der Waals surface area contributed by atoms with Crippen molar-refractivity contribution in [2.24, 2.45) is 5.92 Å². The monoisotopic (exact) mass is 552 g/mol. The van der Waals surface area contributed by atoms with Crippen molar-refractivity contribution in [2.45, 2.75) is 26.0 Å². The van der Waals surface area contributed by atoms with Crippen molar-refractivity contribution < 1.29 is 29.0 Å². The van der Waals surface area contributed by atoms with Crippen LogP contribution in [0.25, 0.3) is 0 Å². The van der Waals surface area contributed by atoms with E-state index in [-0.39, 0.29) is 17.4 Å². The van der Waals surface area contributed by atoms with Crippen molar-refractivity contribution in [3.05, 3.63) is 76.8 Å². The molecule has 3 aromatic carbocycles. The number of hydroxylamine groups is 1. The van der Waals surface area contributed by atoms with Gasteiger partial charge in [-0.15, -0.1) is 0 Å². The number of hydrogen-bond acceptors (Lipinski definition) is 7. The van der Waals surface area contributed by atoms with E-state index >= 15 is 0 Å². The van der Waals surface area contributed by atoms with Crippen LogP contribution in [-0.2, 0) is 14.4 Å². The van der Waals surface area contributed by atoms with Crippen molar-refractivity contribution >= 4 is 39.1 Å². The number of carbonyl (C=O) groups is 2. The van der Waals surface area contributed by atoms with E-state index in [9.17, 15) is 14.7 Å². The van der Waals surface area contributed by atoms with E-state index in [1.807, 2.05) is 44.2 Å². The predicted molar refractivity (Wildman–Crippen MR) is 137 cm³/mol. The number of anilines is 2. The maximum absolute atomic E-state index is 13.9. The molecule has 2 amide bonds. The number of phenols is 1. The number of phenolic OH excluding ortho intramolecular Hbond substituents is 1. The first-order valence-corrected chi connectivity index (χ1v) is 12.5. The maximum atomic E-state index is 13.9. The van der Waals surface area contributed by atoms with E-state index < -0.39 is 24.0 Å². The summed E-state index contributed by atoms with van der Waals surface area (Å²) in [6.45, 7) is 4.50. The van der Waals surface area contributed by atoms with Crippen molar-refractivity contribution in [1.29, 1.82) is 0 Å². The number of ether oxygens (including phenoxy) is 2. The lowest BCUT2D eigenvalue weighted by atomic mass is 9.90. The van der Waals surface area contributed by atoms with E-state index in [0.29, 0.717) is 40.4 Å². The summed E-state index contributed by atoms with van der Waals surface area (Å²) in [5.41, 5.74) is 1.79. The Kier molecular flexibility index (Phi) is 6.59. The quantitative estimate of drug-likeness (QED) is 0.412. The molecule has 0 saturated carbocycles. The number of halogens is 1. The Morgan fingerprint density at radius 1 is 0.917 bits per heavy atom. The summed E-state index contributed by atoms with van der Waals surface area (Å²) in [7, 11) is 0. The Hall–Kier alpha value is -3.56. The summed E-state index contributed by atoms with van der Waals surface area (Å²) in [6.07, 6.45) is -1.01. The Labute approximate surface area is 217 Å². The third-order valence-electron chi connectivity index (χ3n) is 6.21. The summed E-state index contributed by atoms with van der Waals surface area (Å²) in [4.78, 5) is 34.8. The smallest absolute Gasteiger partial charge is 0.266 e. The van der Waals surface area contributed by atoms with Crippen LogP contribution >= 0.6 is 15.9 Å². The molecule has 0 aliphatic carbocycles. The van der Waals surface area contributed by atoms with Crippen LogP contribution in [0.3, 0.4) is 0 Å². The Morgan fingerprint density at radius 3 is 2.36 bits per heavy atom. The van der Waals surface area contributed by atoms with Crippen LogP contribution in [0.15, 0.2) is 71.2 Å². The van der Waals surface area contributed by atoms with Crippen molar-refractivity contribution in [3.63, 3.8) is 0 Å². The number of carbonyl (C=O) groups excluding carboxylic acids is 2. The van der Waals surface area contributed by atoms with E-state index in [0.717, 1.165) is 0 Å². The van der Waals surface area contributed by atoms with Crippen molar-refractivity contribution in [2.75, 3.05) is 23.2 Å². The van der Waals surface area contributed by atoms with Gasteiger partial charge in [0.1, 0.15) is 11.7 Å². The first kappa shape index (κ1) is 24.1. The van der Waals surface area contributed by atoms with Crippen LogP contribution < -0.4 is 19.4 Å². The first-order valence-electron chi connectivity index (χ1n) is 11.7. The second-order valence-corrected chi connectivity index (χ2v) is 9.24. The highest BCUT2D eigenvalue weighted by Gasteiger charge is 2.60. The molecule has 2 saturated heterocycles. The average Bonchev–Trinajstić information content (AvgIpc) is 3.39. The lowest BCUT2D eigenvalue weighted by molar-refractivity contribution is -0.126. The highest BCUT2D eigenvalue weighted by molar-refractivity contribution is 9.10. The maximum Gasteiger partial charge on any atom is 0.266 e. The molecule has 0 bridgehead atoms. The lowest BCUT2D eigenvalue weighted by Crippen LogP contribution is -2.37. The topological polar surface area (TPSA) is 88.5 Å². The van der Waals surface area contributed by atoms with Crippen LogP contribution in [0.1, 0.15) is 25.5 Å². The molecule has 5 rings (SSSR count). The minimum Gasteiger partial charge on any atom is -0.503 e. The third kappa shape index (κ3) is 4.08. The van der Waals surface area contributed by atoms with Gasteiger partial charge in [-0.2, -0.15) is 0 Å². The van der Waals surface area contributed by atoms with Gasteiger partial charge in [-0.05, 0) is 71.7 Å². The fraction of sp³-hybridized carbons (Fsp3) is 0.259. The van der Waals surface area contributed by atoms with E-state index in [1.165, 1.54) is 4.90 Å². The molecule has 0 spiro atoms. The van der Waals surface area contributed by atoms with Crippen LogP contribution in [-0.4, -0.2) is 36.2 Å². The number of nitrogens with zero attached hydrogens (tertiary/aromatic N) is 2. The molecule has 2 heterocycles. The molecule has 3 aromatic rings. The molecule has 0 aromatic heterocycles. The van der Waals surface area contributed by atoms with Gasteiger partial charge >= 0.3 is 0 Å². The predicted octanol–water partition coefficient (Wildman–Crippen LogP) is 5.00. The Balaban J connectivity index is 1.60. The van der Waals surface area contributed by atoms with Gasteiger partial charge in [-0.3, -0.25) is 14.4 Å². The molecule has 3 atom stereocenters. The molecule has 9 heteroatoms. The molecule has 186 valence electrons. The summed E-state index contributed by atoms with van der Waals surface area (Å²) < 4.78 is 11.6. The zero-order valence-corrected chi connectivity index (χ0v) is 21.3. The minimum atomic E-state index is -1.01. The minimum absolute atomic E-state index is 0.0366. The SMILES string of the molecule is CCOc1cccc(N2C(=O)[C@@H]3[C@@H](c4cc(Br)c(O)c(OCC)c4)N(c4ccccc4)O[C@H]3C2=O)c1. The molecule has 2 aliphatic heterocycles. The third-order valence-corrected chi connectivity index (χ3v) is 6.81. The molecule has 36 heavy (non-hydrogen) atoms. The number of imide groups is 1. The van der Waals surface area contributed by atoms with Gasteiger partial charge in [0.25, 0.3) is 5.91 Å². The van der Waals surface area contributed by atoms with E-state index in [2.05, 4.69) is 15.9 Å². The number of rotatable bonds is 7. The molecule has 0 radical (unpaired) electrons. The van der Waals surface area contributed by atoms with Gasteiger partial charge < -0.3 is 14.6 Å². The number of para-hydroxylation sites is 1. The largest absolute Gasteiger partial charge is 0.503 e. The molecular formula is C27H25BrN2O6. The van der Waals surface area contributed by atoms with E-state index in [4.69, 9.17) is 14.3 Å². The highest BCUT2D eigenvalue weighted by Crippen LogP contribution is 2.50. The van der Waals surface area contributed by atoms with Gasteiger partial charge in [0.05, 0.1) is 35.1 Å². The molecular weight excluding hydrogens is 528 g/mol. The van der Waals surface area contributed by atoms with Crippen LogP contribution in [0.4, 0.5) is 11.4 Å². The average molecular weight is 553 g/mol. The number of hydrogen-bond donors (Lipinski definition) is 1. The standard InChI is InChI=1S/C27H25BrN2O6/c1-3-34-19-12-8-11-18(15-19)29-26(32)22-23(16-13-20(28)24(31)21(14-16)35-4-2)30(36-25(22)27(29)33)17-9-6-5-7-10-17/h5-15,22-23,25,31H,3-4H2,1-2H3/t22-,23-,25-/m1/s1. The second kappa shape index (κ2) is 9.83. The fourth-order valence-corrected chi connectivity index (χ4v) is 5.18.